The zero-order valence-electron chi connectivity index (χ0n) is 6.70. The van der Waals surface area contributed by atoms with Crippen molar-refractivity contribution in [1.82, 2.24) is 4.98 Å². The molecule has 2 nitrogen and oxygen atoms in total. The third-order valence-corrected chi connectivity index (χ3v) is 2.48. The number of hydrogen-bond acceptors (Lipinski definition) is 3. The lowest BCUT2D eigenvalue weighted by Gasteiger charge is -2.02. The van der Waals surface area contributed by atoms with Crippen LogP contribution < -0.4 is 5.73 Å². The van der Waals surface area contributed by atoms with E-state index in [1.54, 1.807) is 23.7 Å². The fourth-order valence-electron chi connectivity index (χ4n) is 1.11. The van der Waals surface area contributed by atoms with Crippen LogP contribution in [-0.2, 0) is 0 Å². The van der Waals surface area contributed by atoms with Gasteiger partial charge in [-0.3, -0.25) is 0 Å². The molecule has 0 saturated carbocycles. The van der Waals surface area contributed by atoms with Crippen molar-refractivity contribution < 1.29 is 4.39 Å². The molecule has 0 aliphatic rings. The van der Waals surface area contributed by atoms with Crippen LogP contribution >= 0.6 is 11.3 Å². The van der Waals surface area contributed by atoms with Crippen LogP contribution in [0, 0.1) is 5.82 Å². The Balaban J connectivity index is 2.64. The van der Waals surface area contributed by atoms with Gasteiger partial charge in [-0.05, 0) is 12.1 Å². The average Bonchev–Trinajstić information content (AvgIpc) is 2.57. The van der Waals surface area contributed by atoms with Gasteiger partial charge in [-0.2, -0.15) is 0 Å². The molecule has 0 atom stereocenters. The molecule has 0 unspecified atom stereocenters. The second-order valence-corrected chi connectivity index (χ2v) is 3.44. The lowest BCUT2D eigenvalue weighted by atomic mass is 10.2. The van der Waals surface area contributed by atoms with Gasteiger partial charge in [-0.25, -0.2) is 9.37 Å². The maximum atomic E-state index is 13.3. The molecule has 1 aromatic carbocycles. The zero-order valence-corrected chi connectivity index (χ0v) is 7.51. The van der Waals surface area contributed by atoms with Crippen LogP contribution in [0.2, 0.25) is 0 Å². The Morgan fingerprint density at radius 1 is 1.38 bits per heavy atom. The van der Waals surface area contributed by atoms with Crippen molar-refractivity contribution >= 4 is 17.0 Å². The van der Waals surface area contributed by atoms with Gasteiger partial charge in [-0.1, -0.05) is 6.07 Å². The third kappa shape index (κ3) is 1.40. The van der Waals surface area contributed by atoms with Crippen molar-refractivity contribution in [1.29, 1.82) is 0 Å². The highest BCUT2D eigenvalue weighted by molar-refractivity contribution is 7.13. The molecule has 0 spiro atoms. The van der Waals surface area contributed by atoms with Gasteiger partial charge in [0.05, 0.1) is 5.56 Å². The minimum atomic E-state index is -0.324. The Morgan fingerprint density at radius 3 is 2.85 bits per heavy atom. The molecule has 13 heavy (non-hydrogen) atoms. The Kier molecular flexibility index (Phi) is 1.98. The predicted octanol–water partition coefficient (Wildman–Crippen LogP) is 2.53. The van der Waals surface area contributed by atoms with E-state index in [0.29, 0.717) is 16.3 Å². The van der Waals surface area contributed by atoms with Crippen LogP contribution in [0.4, 0.5) is 10.1 Å². The summed E-state index contributed by atoms with van der Waals surface area (Å²) in [6, 6.07) is 4.63. The summed E-state index contributed by atoms with van der Waals surface area (Å²) in [6.07, 6.45) is 1.63. The summed E-state index contributed by atoms with van der Waals surface area (Å²) in [6.45, 7) is 0. The van der Waals surface area contributed by atoms with Gasteiger partial charge < -0.3 is 5.73 Å². The molecule has 0 radical (unpaired) electrons. The first-order valence-electron chi connectivity index (χ1n) is 3.73. The van der Waals surface area contributed by atoms with E-state index in [1.807, 2.05) is 0 Å². The largest absolute Gasteiger partial charge is 0.398 e. The summed E-state index contributed by atoms with van der Waals surface area (Å²) in [5, 5.41) is 2.41. The lowest BCUT2D eigenvalue weighted by molar-refractivity contribution is 0.632. The molecule has 2 aromatic rings. The smallest absolute Gasteiger partial charge is 0.135 e. The highest BCUT2D eigenvalue weighted by Crippen LogP contribution is 2.29. The number of nitrogens with two attached hydrogens (primary N) is 1. The first-order valence-corrected chi connectivity index (χ1v) is 4.61. The van der Waals surface area contributed by atoms with Gasteiger partial charge in [0.2, 0.25) is 0 Å². The second kappa shape index (κ2) is 3.14. The molecule has 66 valence electrons. The topological polar surface area (TPSA) is 38.9 Å². The molecule has 0 aliphatic heterocycles. The van der Waals surface area contributed by atoms with Crippen LogP contribution in [-0.4, -0.2) is 4.98 Å². The summed E-state index contributed by atoms with van der Waals surface area (Å²) in [7, 11) is 0. The van der Waals surface area contributed by atoms with Gasteiger partial charge in [-0.15, -0.1) is 11.3 Å². The fraction of sp³-hybridized carbons (Fsp3) is 0. The normalized spacial score (nSPS) is 10.2. The summed E-state index contributed by atoms with van der Waals surface area (Å²) in [5.74, 6) is -0.324. The van der Waals surface area contributed by atoms with E-state index in [0.717, 1.165) is 0 Å². The molecular weight excluding hydrogens is 187 g/mol. The van der Waals surface area contributed by atoms with Crippen molar-refractivity contribution in [2.24, 2.45) is 0 Å². The van der Waals surface area contributed by atoms with E-state index in [9.17, 15) is 4.39 Å². The monoisotopic (exact) mass is 194 g/mol. The van der Waals surface area contributed by atoms with Crippen molar-refractivity contribution in [3.63, 3.8) is 0 Å². The molecule has 2 rings (SSSR count). The molecule has 0 amide bonds. The molecule has 0 aliphatic carbocycles. The molecule has 4 heteroatoms. The number of aromatic nitrogens is 1. The molecule has 1 aromatic heterocycles. The molecule has 0 fully saturated rings. The first-order chi connectivity index (χ1) is 6.29. The summed E-state index contributed by atoms with van der Waals surface area (Å²) < 4.78 is 13.3. The van der Waals surface area contributed by atoms with Crippen LogP contribution in [0.15, 0.2) is 29.8 Å². The number of thiazole rings is 1. The van der Waals surface area contributed by atoms with Gasteiger partial charge in [0, 0.05) is 17.3 Å². The Hall–Kier alpha value is -1.42. The summed E-state index contributed by atoms with van der Waals surface area (Å²) in [4.78, 5) is 4.01. The van der Waals surface area contributed by atoms with Crippen LogP contribution in [0.25, 0.3) is 10.6 Å². The van der Waals surface area contributed by atoms with Gasteiger partial charge in [0.25, 0.3) is 0 Å². The Bertz CT molecular complexity index is 391. The number of hydrogen-bond donors (Lipinski definition) is 1. The first kappa shape index (κ1) is 8.19. The number of halogens is 1. The standard InChI is InChI=1S/C9H7FN2S/c10-6-2-1-3-7(11)8(6)9-12-4-5-13-9/h1-5H,11H2. The molecule has 0 saturated heterocycles. The van der Waals surface area contributed by atoms with Gasteiger partial charge >= 0.3 is 0 Å². The zero-order chi connectivity index (χ0) is 9.26. The van der Waals surface area contributed by atoms with Crippen molar-refractivity contribution in [2.45, 2.75) is 0 Å². The number of benzene rings is 1. The van der Waals surface area contributed by atoms with Crippen LogP contribution in [0.5, 0.6) is 0 Å². The number of nitrogen functional groups attached to an aromatic ring is 1. The highest BCUT2D eigenvalue weighted by atomic mass is 32.1. The van der Waals surface area contributed by atoms with E-state index in [1.165, 1.54) is 17.4 Å². The molecule has 0 bridgehead atoms. The maximum Gasteiger partial charge on any atom is 0.135 e. The quantitative estimate of drug-likeness (QED) is 0.708. The highest BCUT2D eigenvalue weighted by Gasteiger charge is 2.09. The molecule has 1 heterocycles. The van der Waals surface area contributed by atoms with E-state index < -0.39 is 0 Å². The second-order valence-electron chi connectivity index (χ2n) is 2.54. The SMILES string of the molecule is Nc1cccc(F)c1-c1nccs1. The van der Waals surface area contributed by atoms with Crippen molar-refractivity contribution in [2.75, 3.05) is 5.73 Å². The van der Waals surface area contributed by atoms with Gasteiger partial charge in [0.15, 0.2) is 0 Å². The third-order valence-electron chi connectivity index (χ3n) is 1.69. The summed E-state index contributed by atoms with van der Waals surface area (Å²) >= 11 is 1.37. The molecule has 2 N–H and O–H groups in total. The predicted molar refractivity (Wildman–Crippen MR) is 51.9 cm³/mol. The fourth-order valence-corrected chi connectivity index (χ4v) is 1.82. The van der Waals surface area contributed by atoms with E-state index in [2.05, 4.69) is 4.98 Å². The van der Waals surface area contributed by atoms with E-state index >= 15 is 0 Å². The lowest BCUT2D eigenvalue weighted by Crippen LogP contribution is -1.92. The van der Waals surface area contributed by atoms with Crippen molar-refractivity contribution in [3.8, 4) is 10.6 Å². The van der Waals surface area contributed by atoms with Crippen LogP contribution in [0.1, 0.15) is 0 Å². The minimum Gasteiger partial charge on any atom is -0.398 e. The maximum absolute atomic E-state index is 13.3. The van der Waals surface area contributed by atoms with Crippen LogP contribution in [0.3, 0.4) is 0 Å². The minimum absolute atomic E-state index is 0.324. The van der Waals surface area contributed by atoms with E-state index in [-0.39, 0.29) is 5.82 Å². The Morgan fingerprint density at radius 2 is 2.23 bits per heavy atom. The summed E-state index contributed by atoms with van der Waals surface area (Å²) in [5.41, 5.74) is 6.47. The number of nitrogens with zero attached hydrogens (tertiary/aromatic N) is 1. The average molecular weight is 194 g/mol. The van der Waals surface area contributed by atoms with E-state index in [4.69, 9.17) is 5.73 Å². The van der Waals surface area contributed by atoms with Crippen molar-refractivity contribution in [3.05, 3.63) is 35.6 Å². The Labute approximate surface area is 78.9 Å². The molecular formula is C9H7FN2S. The van der Waals surface area contributed by atoms with Gasteiger partial charge in [0.1, 0.15) is 10.8 Å². The number of rotatable bonds is 1. The number of anilines is 1.